The average molecular weight is 319 g/mol. The SMILES string of the molecule is CCN(C(C)C)S(=O)(=O)c1cc(CNC(C)C)sc1C. The Labute approximate surface area is 127 Å². The first-order valence-corrected chi connectivity index (χ1v) is 9.30. The van der Waals surface area contributed by atoms with Gasteiger partial charge in [-0.2, -0.15) is 4.31 Å². The van der Waals surface area contributed by atoms with Crippen LogP contribution >= 0.6 is 11.3 Å². The lowest BCUT2D eigenvalue weighted by molar-refractivity contribution is 0.369. The molecule has 0 bridgehead atoms. The first-order chi connectivity index (χ1) is 9.20. The number of sulfonamides is 1. The van der Waals surface area contributed by atoms with Crippen molar-refractivity contribution in [3.63, 3.8) is 0 Å². The maximum Gasteiger partial charge on any atom is 0.244 e. The topological polar surface area (TPSA) is 49.4 Å². The zero-order valence-corrected chi connectivity index (χ0v) is 14.9. The molecule has 4 nitrogen and oxygen atoms in total. The van der Waals surface area contributed by atoms with E-state index in [1.165, 1.54) is 0 Å². The lowest BCUT2D eigenvalue weighted by atomic mass is 10.3. The molecule has 0 saturated heterocycles. The summed E-state index contributed by atoms with van der Waals surface area (Å²) < 4.78 is 26.9. The molecule has 0 aliphatic carbocycles. The van der Waals surface area contributed by atoms with E-state index >= 15 is 0 Å². The second kappa shape index (κ2) is 7.02. The third-order valence-corrected chi connectivity index (χ3v) is 6.54. The monoisotopic (exact) mass is 318 g/mol. The van der Waals surface area contributed by atoms with Crippen molar-refractivity contribution in [3.8, 4) is 0 Å². The van der Waals surface area contributed by atoms with Crippen LogP contribution in [-0.2, 0) is 16.6 Å². The van der Waals surface area contributed by atoms with Crippen LogP contribution in [0.4, 0.5) is 0 Å². The second-order valence-corrected chi connectivity index (χ2v) is 8.67. The second-order valence-electron chi connectivity index (χ2n) is 5.47. The summed E-state index contributed by atoms with van der Waals surface area (Å²) in [6.45, 7) is 12.9. The minimum atomic E-state index is -3.38. The fourth-order valence-corrected chi connectivity index (χ4v) is 5.31. The van der Waals surface area contributed by atoms with Crippen LogP contribution < -0.4 is 5.32 Å². The van der Waals surface area contributed by atoms with Crippen LogP contribution in [0.1, 0.15) is 44.4 Å². The summed E-state index contributed by atoms with van der Waals surface area (Å²) in [6.07, 6.45) is 0. The van der Waals surface area contributed by atoms with Gasteiger partial charge in [0, 0.05) is 34.9 Å². The highest BCUT2D eigenvalue weighted by Crippen LogP contribution is 2.29. The van der Waals surface area contributed by atoms with Crippen LogP contribution in [0.3, 0.4) is 0 Å². The molecule has 0 unspecified atom stereocenters. The smallest absolute Gasteiger partial charge is 0.244 e. The van der Waals surface area contributed by atoms with Crippen molar-refractivity contribution in [2.24, 2.45) is 0 Å². The Balaban J connectivity index is 3.07. The zero-order valence-electron chi connectivity index (χ0n) is 13.2. The Morgan fingerprint density at radius 1 is 1.30 bits per heavy atom. The van der Waals surface area contributed by atoms with E-state index in [9.17, 15) is 8.42 Å². The number of rotatable bonds is 7. The van der Waals surface area contributed by atoms with Gasteiger partial charge in [-0.25, -0.2) is 8.42 Å². The van der Waals surface area contributed by atoms with Crippen LogP contribution in [0, 0.1) is 6.92 Å². The Kier molecular flexibility index (Phi) is 6.19. The molecule has 0 fully saturated rings. The molecule has 0 saturated carbocycles. The fraction of sp³-hybridized carbons (Fsp3) is 0.714. The van der Waals surface area contributed by atoms with Crippen LogP contribution in [0.2, 0.25) is 0 Å². The predicted molar refractivity (Wildman–Crippen MR) is 85.7 cm³/mol. The van der Waals surface area contributed by atoms with Crippen molar-refractivity contribution >= 4 is 21.4 Å². The molecule has 0 aromatic carbocycles. The first-order valence-electron chi connectivity index (χ1n) is 7.04. The number of hydrogen-bond donors (Lipinski definition) is 1. The van der Waals surface area contributed by atoms with Crippen molar-refractivity contribution < 1.29 is 8.42 Å². The van der Waals surface area contributed by atoms with E-state index in [1.807, 2.05) is 33.8 Å². The minimum absolute atomic E-state index is 0.0264. The number of nitrogens with one attached hydrogen (secondary N) is 1. The highest BCUT2D eigenvalue weighted by atomic mass is 32.2. The molecule has 0 aliphatic rings. The predicted octanol–water partition coefficient (Wildman–Crippen LogP) is 2.97. The molecular formula is C14H26N2O2S2. The summed E-state index contributed by atoms with van der Waals surface area (Å²) >= 11 is 1.55. The normalized spacial score (nSPS) is 12.8. The van der Waals surface area contributed by atoms with Gasteiger partial charge < -0.3 is 5.32 Å². The van der Waals surface area contributed by atoms with Crippen molar-refractivity contribution in [1.82, 2.24) is 9.62 Å². The molecule has 116 valence electrons. The van der Waals surface area contributed by atoms with Gasteiger partial charge in [0.05, 0.1) is 4.90 Å². The van der Waals surface area contributed by atoms with Crippen molar-refractivity contribution in [2.75, 3.05) is 6.54 Å². The van der Waals surface area contributed by atoms with Gasteiger partial charge in [0.2, 0.25) is 10.0 Å². The number of aryl methyl sites for hydroxylation is 1. The summed E-state index contributed by atoms with van der Waals surface area (Å²) in [5, 5.41) is 3.32. The highest BCUT2D eigenvalue weighted by Gasteiger charge is 2.28. The van der Waals surface area contributed by atoms with E-state index in [1.54, 1.807) is 15.6 Å². The number of nitrogens with zero attached hydrogens (tertiary/aromatic N) is 1. The van der Waals surface area contributed by atoms with Gasteiger partial charge in [-0.15, -0.1) is 11.3 Å². The summed E-state index contributed by atoms with van der Waals surface area (Å²) in [5.41, 5.74) is 0. The standard InChI is InChI=1S/C14H26N2O2S2/c1-7-16(11(4)5)20(17,18)14-8-13(19-12(14)6)9-15-10(2)3/h8,10-11,15H,7,9H2,1-6H3. The zero-order chi connectivity index (χ0) is 15.5. The molecule has 1 aromatic heterocycles. The summed E-state index contributed by atoms with van der Waals surface area (Å²) in [6, 6.07) is 2.18. The molecule has 0 atom stereocenters. The molecule has 0 amide bonds. The molecule has 20 heavy (non-hydrogen) atoms. The van der Waals surface area contributed by atoms with E-state index in [0.29, 0.717) is 24.0 Å². The Morgan fingerprint density at radius 3 is 2.35 bits per heavy atom. The van der Waals surface area contributed by atoms with E-state index in [-0.39, 0.29) is 6.04 Å². The van der Waals surface area contributed by atoms with Gasteiger partial charge in [0.15, 0.2) is 0 Å². The molecule has 0 radical (unpaired) electrons. The highest BCUT2D eigenvalue weighted by molar-refractivity contribution is 7.89. The van der Waals surface area contributed by atoms with E-state index in [0.717, 1.165) is 9.75 Å². The largest absolute Gasteiger partial charge is 0.310 e. The van der Waals surface area contributed by atoms with Crippen molar-refractivity contribution in [2.45, 2.75) is 65.1 Å². The van der Waals surface area contributed by atoms with Gasteiger partial charge in [-0.1, -0.05) is 20.8 Å². The van der Waals surface area contributed by atoms with Gasteiger partial charge in [0.25, 0.3) is 0 Å². The van der Waals surface area contributed by atoms with Crippen LogP contribution in [0.25, 0.3) is 0 Å². The van der Waals surface area contributed by atoms with E-state index in [2.05, 4.69) is 19.2 Å². The Hall–Kier alpha value is -0.430. The maximum absolute atomic E-state index is 12.7. The molecule has 6 heteroatoms. The minimum Gasteiger partial charge on any atom is -0.310 e. The van der Waals surface area contributed by atoms with Crippen LogP contribution in [0.15, 0.2) is 11.0 Å². The quantitative estimate of drug-likeness (QED) is 0.841. The van der Waals surface area contributed by atoms with Gasteiger partial charge >= 0.3 is 0 Å². The van der Waals surface area contributed by atoms with Crippen molar-refractivity contribution in [3.05, 3.63) is 15.8 Å². The average Bonchev–Trinajstić information content (AvgIpc) is 2.68. The fourth-order valence-electron chi connectivity index (χ4n) is 2.11. The molecular weight excluding hydrogens is 292 g/mol. The van der Waals surface area contributed by atoms with Gasteiger partial charge in [-0.05, 0) is 26.8 Å². The molecule has 1 N–H and O–H groups in total. The molecule has 1 rings (SSSR count). The lowest BCUT2D eigenvalue weighted by Gasteiger charge is -2.24. The van der Waals surface area contributed by atoms with E-state index < -0.39 is 10.0 Å². The molecule has 1 aromatic rings. The third-order valence-electron chi connectivity index (χ3n) is 3.08. The molecule has 0 aliphatic heterocycles. The summed E-state index contributed by atoms with van der Waals surface area (Å²) in [5.74, 6) is 0. The first kappa shape index (κ1) is 17.6. The molecule has 0 spiro atoms. The van der Waals surface area contributed by atoms with Crippen LogP contribution in [0.5, 0.6) is 0 Å². The Morgan fingerprint density at radius 2 is 1.90 bits per heavy atom. The maximum atomic E-state index is 12.7. The summed E-state index contributed by atoms with van der Waals surface area (Å²) in [4.78, 5) is 2.39. The summed E-state index contributed by atoms with van der Waals surface area (Å²) in [7, 11) is -3.38. The van der Waals surface area contributed by atoms with E-state index in [4.69, 9.17) is 0 Å². The molecule has 1 heterocycles. The third kappa shape index (κ3) is 4.04. The van der Waals surface area contributed by atoms with Gasteiger partial charge in [-0.3, -0.25) is 0 Å². The van der Waals surface area contributed by atoms with Crippen molar-refractivity contribution in [1.29, 1.82) is 0 Å². The van der Waals surface area contributed by atoms with Crippen LogP contribution in [-0.4, -0.2) is 31.4 Å². The Bertz CT molecular complexity index is 533. The number of thiophene rings is 1. The van der Waals surface area contributed by atoms with Gasteiger partial charge in [0.1, 0.15) is 0 Å². The lowest BCUT2D eigenvalue weighted by Crippen LogP contribution is -2.36. The number of hydrogen-bond acceptors (Lipinski definition) is 4.